The van der Waals surface area contributed by atoms with Crippen molar-refractivity contribution in [2.24, 2.45) is 5.16 Å². The van der Waals surface area contributed by atoms with Crippen molar-refractivity contribution in [1.82, 2.24) is 4.31 Å². The summed E-state index contributed by atoms with van der Waals surface area (Å²) < 4.78 is 42.8. The van der Waals surface area contributed by atoms with Crippen LogP contribution in [0.15, 0.2) is 52.5 Å². The molecule has 1 aliphatic heterocycles. The zero-order valence-electron chi connectivity index (χ0n) is 16.4. The summed E-state index contributed by atoms with van der Waals surface area (Å²) >= 11 is 0. The number of nitrogens with zero attached hydrogens (tertiary/aromatic N) is 2. The maximum absolute atomic E-state index is 12.8. The Morgan fingerprint density at radius 1 is 1.10 bits per heavy atom. The van der Waals surface area contributed by atoms with Crippen LogP contribution in [0.4, 0.5) is 0 Å². The summed E-state index contributed by atoms with van der Waals surface area (Å²) in [5.74, 6) is 1.15. The Hall–Kier alpha value is -2.62. The normalized spacial score (nSPS) is 15.4. The van der Waals surface area contributed by atoms with Crippen molar-refractivity contribution in [1.29, 1.82) is 0 Å². The van der Waals surface area contributed by atoms with Crippen molar-refractivity contribution >= 4 is 16.2 Å². The van der Waals surface area contributed by atoms with Crippen molar-refractivity contribution in [3.05, 3.63) is 53.6 Å². The molecular formula is C20H24N2O6S. The van der Waals surface area contributed by atoms with Gasteiger partial charge in [-0.3, -0.25) is 0 Å². The van der Waals surface area contributed by atoms with E-state index in [-0.39, 0.29) is 11.5 Å². The third-order valence-corrected chi connectivity index (χ3v) is 6.33. The average Bonchev–Trinajstić information content (AvgIpc) is 2.77. The van der Waals surface area contributed by atoms with Gasteiger partial charge in [-0.15, -0.1) is 0 Å². The standard InChI is InChI=1S/C20H24N2O6S/c1-25-19-8-4-6-17(20(19)26-2)14-21-28-15-16-5-3-7-18(13-16)29(23,24)22-9-11-27-12-10-22/h3-8,13-14H,9-12,15H2,1-2H3/b21-14-. The summed E-state index contributed by atoms with van der Waals surface area (Å²) in [6.45, 7) is 1.66. The molecule has 2 aromatic rings. The average molecular weight is 420 g/mol. The van der Waals surface area contributed by atoms with E-state index in [1.54, 1.807) is 44.6 Å². The van der Waals surface area contributed by atoms with E-state index in [1.807, 2.05) is 12.1 Å². The lowest BCUT2D eigenvalue weighted by Crippen LogP contribution is -2.40. The lowest BCUT2D eigenvalue weighted by atomic mass is 10.2. The molecule has 1 fully saturated rings. The SMILES string of the molecule is COc1cccc(/C=N\OCc2cccc(S(=O)(=O)N3CCOCC3)c2)c1OC. The Kier molecular flexibility index (Phi) is 7.08. The minimum Gasteiger partial charge on any atom is -0.493 e. The maximum Gasteiger partial charge on any atom is 0.243 e. The molecule has 0 spiro atoms. The number of sulfonamides is 1. The molecule has 2 aromatic carbocycles. The van der Waals surface area contributed by atoms with Crippen molar-refractivity contribution in [2.75, 3.05) is 40.5 Å². The first-order valence-corrected chi connectivity index (χ1v) is 10.5. The summed E-state index contributed by atoms with van der Waals surface area (Å²) in [7, 11) is -0.431. The highest BCUT2D eigenvalue weighted by atomic mass is 32.2. The number of ether oxygens (including phenoxy) is 3. The zero-order chi connectivity index (χ0) is 20.7. The molecule has 1 aliphatic rings. The molecule has 0 saturated carbocycles. The van der Waals surface area contributed by atoms with E-state index < -0.39 is 10.0 Å². The molecule has 0 aliphatic carbocycles. The summed E-state index contributed by atoms with van der Waals surface area (Å²) in [5, 5.41) is 3.97. The van der Waals surface area contributed by atoms with Gasteiger partial charge in [-0.2, -0.15) is 4.31 Å². The van der Waals surface area contributed by atoms with Crippen LogP contribution in [-0.2, 0) is 26.2 Å². The Bertz CT molecular complexity index is 955. The summed E-state index contributed by atoms with van der Waals surface area (Å²) in [6.07, 6.45) is 1.52. The van der Waals surface area contributed by atoms with E-state index in [4.69, 9.17) is 19.0 Å². The molecule has 0 amide bonds. The van der Waals surface area contributed by atoms with Crippen LogP contribution in [0.25, 0.3) is 0 Å². The molecule has 0 bridgehead atoms. The molecule has 156 valence electrons. The van der Waals surface area contributed by atoms with E-state index in [0.717, 1.165) is 0 Å². The van der Waals surface area contributed by atoms with Crippen LogP contribution in [0.3, 0.4) is 0 Å². The number of methoxy groups -OCH3 is 2. The lowest BCUT2D eigenvalue weighted by Gasteiger charge is -2.26. The molecule has 0 unspecified atom stereocenters. The topological polar surface area (TPSA) is 86.7 Å². The quantitative estimate of drug-likeness (QED) is 0.481. The van der Waals surface area contributed by atoms with Gasteiger partial charge in [0, 0.05) is 18.7 Å². The van der Waals surface area contributed by atoms with Crippen LogP contribution in [0.1, 0.15) is 11.1 Å². The van der Waals surface area contributed by atoms with Gasteiger partial charge in [-0.05, 0) is 29.8 Å². The fourth-order valence-electron chi connectivity index (χ4n) is 2.95. The number of para-hydroxylation sites is 1. The van der Waals surface area contributed by atoms with Crippen LogP contribution in [0.2, 0.25) is 0 Å². The predicted molar refractivity (Wildman–Crippen MR) is 108 cm³/mol. The van der Waals surface area contributed by atoms with Crippen LogP contribution in [0, 0.1) is 0 Å². The van der Waals surface area contributed by atoms with E-state index in [0.29, 0.717) is 48.9 Å². The number of rotatable bonds is 8. The van der Waals surface area contributed by atoms with E-state index in [1.165, 1.54) is 10.5 Å². The van der Waals surface area contributed by atoms with Gasteiger partial charge in [0.2, 0.25) is 10.0 Å². The molecule has 9 heteroatoms. The zero-order valence-corrected chi connectivity index (χ0v) is 17.2. The molecule has 3 rings (SSSR count). The van der Waals surface area contributed by atoms with Crippen LogP contribution >= 0.6 is 0 Å². The second-order valence-corrected chi connectivity index (χ2v) is 8.19. The van der Waals surface area contributed by atoms with Gasteiger partial charge in [0.1, 0.15) is 6.61 Å². The molecule has 1 saturated heterocycles. The molecule has 0 radical (unpaired) electrons. The molecule has 0 atom stereocenters. The Labute approximate surface area is 170 Å². The van der Waals surface area contributed by atoms with E-state index >= 15 is 0 Å². The summed E-state index contributed by atoms with van der Waals surface area (Å²) in [5.41, 5.74) is 1.41. The highest BCUT2D eigenvalue weighted by Gasteiger charge is 2.26. The molecular weight excluding hydrogens is 396 g/mol. The van der Waals surface area contributed by atoms with Gasteiger partial charge in [-0.25, -0.2) is 8.42 Å². The first-order valence-electron chi connectivity index (χ1n) is 9.09. The van der Waals surface area contributed by atoms with Crippen LogP contribution in [0.5, 0.6) is 11.5 Å². The van der Waals surface area contributed by atoms with Gasteiger partial charge in [-0.1, -0.05) is 23.4 Å². The molecule has 8 nitrogen and oxygen atoms in total. The summed E-state index contributed by atoms with van der Waals surface area (Å²) in [6, 6.07) is 12.1. The minimum atomic E-state index is -3.55. The fourth-order valence-corrected chi connectivity index (χ4v) is 4.43. The molecule has 0 aromatic heterocycles. The van der Waals surface area contributed by atoms with Gasteiger partial charge in [0.25, 0.3) is 0 Å². The predicted octanol–water partition coefficient (Wildman–Crippen LogP) is 2.28. The number of morpholine rings is 1. The third kappa shape index (κ3) is 5.06. The first-order chi connectivity index (χ1) is 14.1. The second kappa shape index (κ2) is 9.73. The third-order valence-electron chi connectivity index (χ3n) is 4.44. The van der Waals surface area contributed by atoms with E-state index in [2.05, 4.69) is 5.16 Å². The molecule has 29 heavy (non-hydrogen) atoms. The minimum absolute atomic E-state index is 0.134. The van der Waals surface area contributed by atoms with Gasteiger partial charge >= 0.3 is 0 Å². The number of hydrogen-bond acceptors (Lipinski definition) is 7. The van der Waals surface area contributed by atoms with E-state index in [9.17, 15) is 8.42 Å². The van der Waals surface area contributed by atoms with Crippen LogP contribution < -0.4 is 9.47 Å². The Balaban J connectivity index is 1.66. The first kappa shape index (κ1) is 21.1. The Morgan fingerprint density at radius 3 is 2.59 bits per heavy atom. The molecule has 0 N–H and O–H groups in total. The maximum atomic E-state index is 12.8. The smallest absolute Gasteiger partial charge is 0.243 e. The number of benzene rings is 2. The second-order valence-electron chi connectivity index (χ2n) is 6.25. The highest BCUT2D eigenvalue weighted by Crippen LogP contribution is 2.29. The van der Waals surface area contributed by atoms with Gasteiger partial charge in [0.15, 0.2) is 11.5 Å². The lowest BCUT2D eigenvalue weighted by molar-refractivity contribution is 0.0730. The Morgan fingerprint density at radius 2 is 1.86 bits per heavy atom. The highest BCUT2D eigenvalue weighted by molar-refractivity contribution is 7.89. The van der Waals surface area contributed by atoms with Gasteiger partial charge in [0.05, 0.1) is 38.5 Å². The van der Waals surface area contributed by atoms with Crippen molar-refractivity contribution in [2.45, 2.75) is 11.5 Å². The van der Waals surface area contributed by atoms with Crippen LogP contribution in [-0.4, -0.2) is 59.5 Å². The summed E-state index contributed by atoms with van der Waals surface area (Å²) in [4.78, 5) is 5.59. The largest absolute Gasteiger partial charge is 0.493 e. The van der Waals surface area contributed by atoms with Gasteiger partial charge < -0.3 is 19.0 Å². The van der Waals surface area contributed by atoms with Crippen molar-refractivity contribution < 1.29 is 27.5 Å². The monoisotopic (exact) mass is 420 g/mol. The fraction of sp³-hybridized carbons (Fsp3) is 0.350. The van der Waals surface area contributed by atoms with Crippen molar-refractivity contribution in [3.63, 3.8) is 0 Å². The number of hydrogen-bond donors (Lipinski definition) is 0. The van der Waals surface area contributed by atoms with Crippen molar-refractivity contribution in [3.8, 4) is 11.5 Å². The number of oxime groups is 1. The molecule has 1 heterocycles.